The number of amides is 1. The van der Waals surface area contributed by atoms with Gasteiger partial charge in [-0.15, -0.1) is 0 Å². The Balaban J connectivity index is 1.50. The van der Waals surface area contributed by atoms with Gasteiger partial charge < -0.3 is 19.5 Å². The fourth-order valence-electron chi connectivity index (χ4n) is 4.60. The number of nitrogens with one attached hydrogen (secondary N) is 1. The van der Waals surface area contributed by atoms with Crippen LogP contribution < -0.4 is 10.1 Å². The van der Waals surface area contributed by atoms with E-state index in [0.29, 0.717) is 35.5 Å². The van der Waals surface area contributed by atoms with E-state index in [0.717, 1.165) is 49.5 Å². The lowest BCUT2D eigenvalue weighted by Crippen LogP contribution is -2.38. The summed E-state index contributed by atoms with van der Waals surface area (Å²) in [5.74, 6) is 0.596. The number of aromatic nitrogens is 1. The summed E-state index contributed by atoms with van der Waals surface area (Å²) < 4.78 is 18.7. The lowest BCUT2D eigenvalue weighted by molar-refractivity contribution is 0.0322. The SMILES string of the molecule is CC(C)(C)OC(=O)n1c(-c2cccc3c2C(=O)NC3)cc2cc(OCCN3CCOCC3)ccc21. The molecule has 1 fully saturated rings. The predicted octanol–water partition coefficient (Wildman–Crippen LogP) is 4.05. The van der Waals surface area contributed by atoms with Crippen LogP contribution in [0.25, 0.3) is 22.2 Å². The van der Waals surface area contributed by atoms with Gasteiger partial charge in [-0.2, -0.15) is 0 Å². The van der Waals surface area contributed by atoms with E-state index in [2.05, 4.69) is 10.2 Å². The van der Waals surface area contributed by atoms with Crippen LogP contribution in [0.15, 0.2) is 42.5 Å². The molecule has 2 aliphatic heterocycles. The molecule has 8 heteroatoms. The van der Waals surface area contributed by atoms with Crippen molar-refractivity contribution in [3.8, 4) is 17.0 Å². The van der Waals surface area contributed by atoms with E-state index in [4.69, 9.17) is 14.2 Å². The van der Waals surface area contributed by atoms with Crippen molar-refractivity contribution in [2.75, 3.05) is 39.5 Å². The highest BCUT2D eigenvalue weighted by molar-refractivity contribution is 6.06. The van der Waals surface area contributed by atoms with Crippen LogP contribution >= 0.6 is 0 Å². The Hall–Kier alpha value is -3.36. The molecule has 35 heavy (non-hydrogen) atoms. The number of benzene rings is 2. The third-order valence-electron chi connectivity index (χ3n) is 6.22. The van der Waals surface area contributed by atoms with Gasteiger partial charge in [-0.1, -0.05) is 18.2 Å². The number of carbonyl (C=O) groups excluding carboxylic acids is 2. The lowest BCUT2D eigenvalue weighted by atomic mass is 10.0. The van der Waals surface area contributed by atoms with E-state index in [9.17, 15) is 9.59 Å². The standard InChI is InChI=1S/C27H31N3O5/c1-27(2,3)35-26(32)30-22-8-7-20(34-14-11-29-9-12-33-13-10-29)15-19(22)16-23(30)21-6-4-5-18-17-28-25(31)24(18)21/h4-8,15-16H,9-14,17H2,1-3H3,(H,28,31). The van der Waals surface area contributed by atoms with Gasteiger partial charge in [0.05, 0.1) is 30.0 Å². The molecule has 0 unspecified atom stereocenters. The second-order valence-electron chi connectivity index (χ2n) is 9.89. The zero-order valence-electron chi connectivity index (χ0n) is 20.4. The van der Waals surface area contributed by atoms with Gasteiger partial charge in [-0.05, 0) is 50.6 Å². The number of morpholine rings is 1. The maximum absolute atomic E-state index is 13.3. The Morgan fingerprint density at radius 2 is 1.91 bits per heavy atom. The molecule has 2 aromatic carbocycles. The highest BCUT2D eigenvalue weighted by Crippen LogP contribution is 2.35. The Morgan fingerprint density at radius 1 is 1.11 bits per heavy atom. The average Bonchev–Trinajstić information content (AvgIpc) is 3.39. The van der Waals surface area contributed by atoms with Crippen LogP contribution in [0, 0.1) is 0 Å². The molecule has 184 valence electrons. The molecule has 0 saturated carbocycles. The molecule has 2 aliphatic rings. The molecule has 1 aromatic heterocycles. The van der Waals surface area contributed by atoms with Crippen LogP contribution in [0.4, 0.5) is 4.79 Å². The number of fused-ring (bicyclic) bond motifs is 2. The number of carbonyl (C=O) groups is 2. The second-order valence-corrected chi connectivity index (χ2v) is 9.89. The normalized spacial score (nSPS) is 16.3. The van der Waals surface area contributed by atoms with E-state index in [1.54, 1.807) is 4.57 Å². The van der Waals surface area contributed by atoms with Gasteiger partial charge in [0, 0.05) is 37.1 Å². The first kappa shape index (κ1) is 23.4. The number of ether oxygens (including phenoxy) is 3. The smallest absolute Gasteiger partial charge is 0.419 e. The molecule has 1 saturated heterocycles. The van der Waals surface area contributed by atoms with Crippen LogP contribution in [0.1, 0.15) is 36.7 Å². The van der Waals surface area contributed by atoms with Crippen molar-refractivity contribution in [3.05, 3.63) is 53.6 Å². The maximum Gasteiger partial charge on any atom is 0.419 e. The Kier molecular flexibility index (Phi) is 6.25. The molecule has 0 atom stereocenters. The Morgan fingerprint density at radius 3 is 2.69 bits per heavy atom. The van der Waals surface area contributed by atoms with Gasteiger partial charge in [0.1, 0.15) is 18.0 Å². The largest absolute Gasteiger partial charge is 0.492 e. The first-order valence-corrected chi connectivity index (χ1v) is 12.0. The van der Waals surface area contributed by atoms with Crippen LogP contribution in [0.5, 0.6) is 5.75 Å². The molecule has 0 aliphatic carbocycles. The highest BCUT2D eigenvalue weighted by Gasteiger charge is 2.28. The van der Waals surface area contributed by atoms with Crippen molar-refractivity contribution in [2.24, 2.45) is 0 Å². The van der Waals surface area contributed by atoms with Crippen LogP contribution in [-0.4, -0.2) is 66.5 Å². The van der Waals surface area contributed by atoms with Crippen molar-refractivity contribution in [1.82, 2.24) is 14.8 Å². The summed E-state index contributed by atoms with van der Waals surface area (Å²) in [7, 11) is 0. The number of nitrogens with zero attached hydrogens (tertiary/aromatic N) is 2. The summed E-state index contributed by atoms with van der Waals surface area (Å²) in [6.07, 6.45) is -0.487. The van der Waals surface area contributed by atoms with E-state index >= 15 is 0 Å². The first-order valence-electron chi connectivity index (χ1n) is 12.0. The van der Waals surface area contributed by atoms with Crippen LogP contribution in [0.3, 0.4) is 0 Å². The fourth-order valence-corrected chi connectivity index (χ4v) is 4.60. The topological polar surface area (TPSA) is 82.0 Å². The van der Waals surface area contributed by atoms with Gasteiger partial charge in [0.25, 0.3) is 5.91 Å². The molecule has 3 heterocycles. The summed E-state index contributed by atoms with van der Waals surface area (Å²) in [4.78, 5) is 28.3. The average molecular weight is 478 g/mol. The molecule has 1 N–H and O–H groups in total. The predicted molar refractivity (Wildman–Crippen MR) is 133 cm³/mol. The fraction of sp³-hybridized carbons (Fsp3) is 0.407. The Bertz CT molecular complexity index is 1270. The third kappa shape index (κ3) is 4.90. The van der Waals surface area contributed by atoms with E-state index in [1.165, 1.54) is 0 Å². The molecule has 0 spiro atoms. The van der Waals surface area contributed by atoms with Gasteiger partial charge in [0.15, 0.2) is 0 Å². The summed E-state index contributed by atoms with van der Waals surface area (Å²) in [6.45, 7) is 10.7. The minimum atomic E-state index is -0.663. The van der Waals surface area contributed by atoms with Gasteiger partial charge in [0.2, 0.25) is 0 Å². The molecule has 0 bridgehead atoms. The molecule has 8 nitrogen and oxygen atoms in total. The van der Waals surface area contributed by atoms with Gasteiger partial charge in [-0.3, -0.25) is 9.69 Å². The van der Waals surface area contributed by atoms with Crippen molar-refractivity contribution >= 4 is 22.9 Å². The van der Waals surface area contributed by atoms with Gasteiger partial charge >= 0.3 is 6.09 Å². The zero-order chi connectivity index (χ0) is 24.6. The summed E-state index contributed by atoms with van der Waals surface area (Å²) in [6, 6.07) is 13.3. The monoisotopic (exact) mass is 477 g/mol. The third-order valence-corrected chi connectivity index (χ3v) is 6.22. The van der Waals surface area contributed by atoms with Crippen molar-refractivity contribution in [3.63, 3.8) is 0 Å². The maximum atomic E-state index is 13.3. The lowest BCUT2D eigenvalue weighted by Gasteiger charge is -2.26. The van der Waals surface area contributed by atoms with E-state index < -0.39 is 11.7 Å². The van der Waals surface area contributed by atoms with Crippen molar-refractivity contribution in [1.29, 1.82) is 0 Å². The molecular weight excluding hydrogens is 446 g/mol. The summed E-state index contributed by atoms with van der Waals surface area (Å²) in [5, 5.41) is 3.72. The quantitative estimate of drug-likeness (QED) is 0.597. The highest BCUT2D eigenvalue weighted by atomic mass is 16.6. The number of rotatable bonds is 5. The molecule has 1 amide bonds. The van der Waals surface area contributed by atoms with Crippen LogP contribution in [-0.2, 0) is 16.0 Å². The van der Waals surface area contributed by atoms with Crippen molar-refractivity contribution < 1.29 is 23.8 Å². The second kappa shape index (κ2) is 9.36. The first-order chi connectivity index (χ1) is 16.8. The van der Waals surface area contributed by atoms with Crippen LogP contribution in [0.2, 0.25) is 0 Å². The molecular formula is C27H31N3O5. The van der Waals surface area contributed by atoms with E-state index in [-0.39, 0.29) is 5.91 Å². The number of hydrogen-bond donors (Lipinski definition) is 1. The zero-order valence-corrected chi connectivity index (χ0v) is 20.4. The van der Waals surface area contributed by atoms with Crippen molar-refractivity contribution in [2.45, 2.75) is 32.9 Å². The molecule has 0 radical (unpaired) electrons. The number of hydrogen-bond acceptors (Lipinski definition) is 6. The minimum absolute atomic E-state index is 0.135. The minimum Gasteiger partial charge on any atom is -0.492 e. The summed E-state index contributed by atoms with van der Waals surface area (Å²) >= 11 is 0. The molecule has 5 rings (SSSR count). The van der Waals surface area contributed by atoms with Gasteiger partial charge in [-0.25, -0.2) is 9.36 Å². The van der Waals surface area contributed by atoms with E-state index in [1.807, 2.05) is 63.2 Å². The summed E-state index contributed by atoms with van der Waals surface area (Å²) in [5.41, 5.74) is 2.88. The molecule has 3 aromatic rings. The Labute approximate surface area is 204 Å².